The number of aliphatic hydroxyl groups excluding tert-OH is 2. The molecule has 2 bridgehead atoms. The van der Waals surface area contributed by atoms with Gasteiger partial charge in [-0.2, -0.15) is 0 Å². The van der Waals surface area contributed by atoms with Crippen molar-refractivity contribution in [3.8, 4) is 0 Å². The van der Waals surface area contributed by atoms with E-state index < -0.39 is 47.7 Å². The van der Waals surface area contributed by atoms with Crippen LogP contribution in [-0.4, -0.2) is 75.9 Å². The minimum Gasteiger partial charge on any atom is -0.462 e. The fourth-order valence-corrected chi connectivity index (χ4v) is 7.15. The van der Waals surface area contributed by atoms with Crippen LogP contribution in [0, 0.1) is 23.7 Å². The highest BCUT2D eigenvalue weighted by molar-refractivity contribution is 5.78. The van der Waals surface area contributed by atoms with Gasteiger partial charge < -0.3 is 34.3 Å². The van der Waals surface area contributed by atoms with E-state index in [1.165, 1.54) is 0 Å². The van der Waals surface area contributed by atoms with Gasteiger partial charge >= 0.3 is 5.97 Å². The number of esters is 1. The first-order valence-corrected chi connectivity index (χ1v) is 15.6. The minimum atomic E-state index is -1.77. The second-order valence-electron chi connectivity index (χ2n) is 13.2. The molecule has 8 heteroatoms. The lowest BCUT2D eigenvalue weighted by Gasteiger charge is -2.48. The summed E-state index contributed by atoms with van der Waals surface area (Å²) < 4.78 is 25.5. The summed E-state index contributed by atoms with van der Waals surface area (Å²) in [5.41, 5.74) is 0.101. The summed E-state index contributed by atoms with van der Waals surface area (Å²) in [6.45, 7) is 12.1. The standard InChI is InChI=1S/C34H48O8/c1-7-19(2)30-22(5)13-14-33(42-30)17-26-16-25(41-33)12-11-21(4)28(35)20(3)9-8-10-24-18-39-31-29(36)23(6)15-27(32(37)40-26)34(24,31)38/h8-11,13-15,19-20,22,25-31,35-36,38H,7,12,16-18H2,1-6H3/b9-8+,21-11?,24-10+/t19-,20-,22-,25+,26-,27-,28-,29+,30+,31+,33+,34+/m0/s1. The zero-order valence-electron chi connectivity index (χ0n) is 25.7. The van der Waals surface area contributed by atoms with Crippen molar-refractivity contribution in [2.75, 3.05) is 6.61 Å². The minimum absolute atomic E-state index is 0.0464. The molecule has 0 aromatic carbocycles. The molecule has 0 saturated carbocycles. The Kier molecular flexibility index (Phi) is 9.06. The van der Waals surface area contributed by atoms with Gasteiger partial charge in [0.1, 0.15) is 29.8 Å². The molecule has 12 atom stereocenters. The molecule has 0 unspecified atom stereocenters. The molecular formula is C34H48O8. The maximum atomic E-state index is 14.0. The van der Waals surface area contributed by atoms with Crippen LogP contribution in [-0.2, 0) is 23.7 Å². The number of carbonyl (C=O) groups excluding carboxylic acids is 1. The topological polar surface area (TPSA) is 115 Å². The normalized spacial score (nSPS) is 47.0. The van der Waals surface area contributed by atoms with Crippen LogP contribution in [0.15, 0.2) is 59.3 Å². The molecule has 0 aromatic rings. The number of hydrogen-bond donors (Lipinski definition) is 3. The smallest absolute Gasteiger partial charge is 0.316 e. The zero-order valence-corrected chi connectivity index (χ0v) is 25.7. The van der Waals surface area contributed by atoms with E-state index in [1.54, 1.807) is 25.2 Å². The number of aliphatic hydroxyl groups is 3. The van der Waals surface area contributed by atoms with Gasteiger partial charge in [-0.3, -0.25) is 4.79 Å². The van der Waals surface area contributed by atoms with Crippen LogP contribution in [0.1, 0.15) is 67.2 Å². The van der Waals surface area contributed by atoms with Crippen molar-refractivity contribution in [3.05, 3.63) is 59.3 Å². The lowest BCUT2D eigenvalue weighted by molar-refractivity contribution is -0.300. The summed E-state index contributed by atoms with van der Waals surface area (Å²) in [5, 5.41) is 34.0. The number of carbonyl (C=O) groups is 1. The predicted octanol–water partition coefficient (Wildman–Crippen LogP) is 4.31. The van der Waals surface area contributed by atoms with Crippen molar-refractivity contribution in [2.45, 2.75) is 115 Å². The van der Waals surface area contributed by atoms with Crippen LogP contribution >= 0.6 is 0 Å². The first-order chi connectivity index (χ1) is 19.9. The molecule has 0 radical (unpaired) electrons. The van der Waals surface area contributed by atoms with E-state index >= 15 is 0 Å². The third kappa shape index (κ3) is 5.74. The molecule has 4 aliphatic heterocycles. The van der Waals surface area contributed by atoms with Gasteiger partial charge in [0.2, 0.25) is 0 Å². The summed E-state index contributed by atoms with van der Waals surface area (Å²) in [6.07, 6.45) is 11.7. The SMILES string of the molecule is CC[C@H](C)[C@H]1O[C@]2(C=C[C@@H]1C)C[C@@H]1C[C@@H](CC=C(C)[C@@H](O)[C@@H](C)/C=C/C=C3\CO[C@@H]4[C@H](O)C(C)=C[C@@H](C(=O)O1)[C@]34O)O2. The second-order valence-corrected chi connectivity index (χ2v) is 13.2. The van der Waals surface area contributed by atoms with Crippen molar-refractivity contribution < 1.29 is 39.1 Å². The molecular weight excluding hydrogens is 536 g/mol. The molecule has 0 amide bonds. The Labute approximate surface area is 249 Å². The van der Waals surface area contributed by atoms with Crippen molar-refractivity contribution in [2.24, 2.45) is 23.7 Å². The lowest BCUT2D eigenvalue weighted by Crippen LogP contribution is -2.58. The highest BCUT2D eigenvalue weighted by Crippen LogP contribution is 2.47. The zero-order chi connectivity index (χ0) is 30.4. The lowest BCUT2D eigenvalue weighted by atomic mass is 9.71. The van der Waals surface area contributed by atoms with Gasteiger partial charge in [-0.15, -0.1) is 0 Å². The molecule has 0 aromatic heterocycles. The van der Waals surface area contributed by atoms with Gasteiger partial charge in [-0.1, -0.05) is 70.6 Å². The average molecular weight is 585 g/mol. The average Bonchev–Trinajstić information content (AvgIpc) is 3.30. The van der Waals surface area contributed by atoms with Crippen LogP contribution in [0.25, 0.3) is 0 Å². The fraction of sp³-hybridized carbons (Fsp3) is 0.676. The van der Waals surface area contributed by atoms with Crippen molar-refractivity contribution in [1.82, 2.24) is 0 Å². The molecule has 4 heterocycles. The molecule has 1 spiro atoms. The number of fused-ring (bicyclic) bond motifs is 2. The molecule has 1 aliphatic carbocycles. The maximum absolute atomic E-state index is 14.0. The summed E-state index contributed by atoms with van der Waals surface area (Å²) in [4.78, 5) is 14.0. The Morgan fingerprint density at radius 1 is 1.05 bits per heavy atom. The van der Waals surface area contributed by atoms with E-state index in [2.05, 4.69) is 26.8 Å². The Morgan fingerprint density at radius 2 is 1.81 bits per heavy atom. The van der Waals surface area contributed by atoms with Crippen molar-refractivity contribution in [1.29, 1.82) is 0 Å². The Morgan fingerprint density at radius 3 is 2.55 bits per heavy atom. The number of hydrogen-bond acceptors (Lipinski definition) is 8. The van der Waals surface area contributed by atoms with Crippen LogP contribution in [0.4, 0.5) is 0 Å². The summed E-state index contributed by atoms with van der Waals surface area (Å²) >= 11 is 0. The third-order valence-electron chi connectivity index (χ3n) is 10.1. The van der Waals surface area contributed by atoms with E-state index in [4.69, 9.17) is 18.9 Å². The third-order valence-corrected chi connectivity index (χ3v) is 10.1. The molecule has 42 heavy (non-hydrogen) atoms. The monoisotopic (exact) mass is 584 g/mol. The van der Waals surface area contributed by atoms with E-state index in [0.29, 0.717) is 36.3 Å². The largest absolute Gasteiger partial charge is 0.462 e. The van der Waals surface area contributed by atoms with Crippen LogP contribution in [0.2, 0.25) is 0 Å². The van der Waals surface area contributed by atoms with Gasteiger partial charge in [-0.05, 0) is 49.0 Å². The van der Waals surface area contributed by atoms with E-state index in [0.717, 1.165) is 12.0 Å². The molecule has 232 valence electrons. The number of ether oxygens (including phenoxy) is 4. The second kappa shape index (κ2) is 12.1. The Bertz CT molecular complexity index is 1180. The quantitative estimate of drug-likeness (QED) is 0.325. The molecule has 3 N–H and O–H groups in total. The van der Waals surface area contributed by atoms with Crippen molar-refractivity contribution >= 4 is 5.97 Å². The van der Waals surface area contributed by atoms with Gasteiger partial charge in [0.15, 0.2) is 5.79 Å². The summed E-state index contributed by atoms with van der Waals surface area (Å²) in [6, 6.07) is 0. The molecule has 5 aliphatic rings. The molecule has 5 rings (SSSR count). The number of allylic oxidation sites excluding steroid dienone is 2. The van der Waals surface area contributed by atoms with E-state index in [9.17, 15) is 20.1 Å². The Balaban J connectivity index is 1.54. The van der Waals surface area contributed by atoms with Crippen LogP contribution in [0.5, 0.6) is 0 Å². The number of rotatable bonds is 2. The van der Waals surface area contributed by atoms with Gasteiger partial charge in [0.25, 0.3) is 0 Å². The highest BCUT2D eigenvalue weighted by Gasteiger charge is 2.60. The fourth-order valence-electron chi connectivity index (χ4n) is 7.15. The Hall–Kier alpha value is -2.07. The van der Waals surface area contributed by atoms with Crippen LogP contribution < -0.4 is 0 Å². The van der Waals surface area contributed by atoms with Gasteiger partial charge in [0, 0.05) is 24.7 Å². The van der Waals surface area contributed by atoms with Crippen LogP contribution in [0.3, 0.4) is 0 Å². The van der Waals surface area contributed by atoms with Gasteiger partial charge in [0.05, 0.1) is 24.9 Å². The maximum Gasteiger partial charge on any atom is 0.316 e. The van der Waals surface area contributed by atoms with Crippen molar-refractivity contribution in [3.63, 3.8) is 0 Å². The first-order valence-electron chi connectivity index (χ1n) is 15.6. The highest BCUT2D eigenvalue weighted by atomic mass is 16.7. The van der Waals surface area contributed by atoms with E-state index in [1.807, 2.05) is 32.1 Å². The molecule has 2 fully saturated rings. The predicted molar refractivity (Wildman–Crippen MR) is 158 cm³/mol. The first kappa shape index (κ1) is 31.4. The van der Waals surface area contributed by atoms with Gasteiger partial charge in [-0.25, -0.2) is 0 Å². The molecule has 8 nitrogen and oxygen atoms in total. The van der Waals surface area contributed by atoms with E-state index in [-0.39, 0.29) is 30.7 Å². The summed E-state index contributed by atoms with van der Waals surface area (Å²) in [5.74, 6) is -2.35. The molecule has 2 saturated heterocycles. The summed E-state index contributed by atoms with van der Waals surface area (Å²) in [7, 11) is 0.